The molecule has 0 aromatic heterocycles. The molecule has 0 radical (unpaired) electrons. The lowest BCUT2D eigenvalue weighted by Gasteiger charge is -2.41. The minimum Gasteiger partial charge on any atom is -0.507 e. The third kappa shape index (κ3) is 3.53. The Kier molecular flexibility index (Phi) is 5.84. The Hall–Kier alpha value is -5.29. The van der Waals surface area contributed by atoms with Gasteiger partial charge in [0, 0.05) is 17.1 Å². The van der Waals surface area contributed by atoms with E-state index in [1.54, 1.807) is 13.0 Å². The molecular weight excluding hydrogens is 548 g/mol. The molecule has 6 rings (SSSR count). The number of carbonyl (C=O) groups excluding carboxylic acids is 3. The van der Waals surface area contributed by atoms with Crippen molar-refractivity contribution in [1.29, 1.82) is 0 Å². The van der Waals surface area contributed by atoms with Gasteiger partial charge in [0.1, 0.15) is 45.6 Å². The van der Waals surface area contributed by atoms with Gasteiger partial charge in [-0.25, -0.2) is 4.79 Å². The largest absolute Gasteiger partial charge is 0.507 e. The molecule has 11 nitrogen and oxygen atoms in total. The first-order chi connectivity index (χ1) is 19.9. The minimum atomic E-state index is -1.29. The number of aliphatic hydroxyl groups excluding tert-OH is 2. The predicted molar refractivity (Wildman–Crippen MR) is 145 cm³/mol. The molecular formula is C31H24O11. The van der Waals surface area contributed by atoms with Crippen LogP contribution in [0.25, 0.3) is 5.76 Å². The van der Waals surface area contributed by atoms with Crippen molar-refractivity contribution in [3.05, 3.63) is 92.1 Å². The van der Waals surface area contributed by atoms with Crippen LogP contribution in [0.4, 0.5) is 0 Å². The van der Waals surface area contributed by atoms with E-state index in [1.165, 1.54) is 18.2 Å². The number of ketones is 2. The van der Waals surface area contributed by atoms with Crippen LogP contribution in [0.3, 0.4) is 0 Å². The molecule has 0 saturated carbocycles. The van der Waals surface area contributed by atoms with Crippen LogP contribution in [0.15, 0.2) is 47.6 Å². The van der Waals surface area contributed by atoms with E-state index < -0.39 is 80.9 Å². The van der Waals surface area contributed by atoms with Crippen molar-refractivity contribution in [2.45, 2.75) is 25.4 Å². The van der Waals surface area contributed by atoms with E-state index >= 15 is 0 Å². The number of aliphatic hydroxyl groups is 2. The number of esters is 1. The highest BCUT2D eigenvalue weighted by molar-refractivity contribution is 6.20. The molecule has 3 aliphatic rings. The van der Waals surface area contributed by atoms with Gasteiger partial charge in [-0.3, -0.25) is 9.59 Å². The number of phenols is 5. The van der Waals surface area contributed by atoms with Crippen molar-refractivity contribution in [1.82, 2.24) is 0 Å². The average molecular weight is 573 g/mol. The van der Waals surface area contributed by atoms with Crippen LogP contribution in [0.5, 0.6) is 28.7 Å². The third-order valence-electron chi connectivity index (χ3n) is 8.17. The number of aryl methyl sites for hydroxylation is 1. The zero-order valence-corrected chi connectivity index (χ0v) is 22.2. The Morgan fingerprint density at radius 2 is 1.55 bits per heavy atom. The van der Waals surface area contributed by atoms with Crippen molar-refractivity contribution in [3.8, 4) is 28.7 Å². The number of phenolic OH excluding ortho intramolecular Hbond substituents is 5. The first-order valence-corrected chi connectivity index (χ1v) is 12.8. The molecule has 1 unspecified atom stereocenters. The Labute approximate surface area is 237 Å². The highest BCUT2D eigenvalue weighted by Gasteiger charge is 2.49. The number of hydrogen-bond acceptors (Lipinski definition) is 11. The van der Waals surface area contributed by atoms with Gasteiger partial charge >= 0.3 is 5.97 Å². The van der Waals surface area contributed by atoms with E-state index in [0.717, 1.165) is 19.2 Å². The first-order valence-electron chi connectivity index (χ1n) is 12.8. The Morgan fingerprint density at radius 3 is 2.21 bits per heavy atom. The number of aromatic hydroxyl groups is 5. The van der Waals surface area contributed by atoms with Gasteiger partial charge in [0.2, 0.25) is 5.78 Å². The van der Waals surface area contributed by atoms with Crippen molar-refractivity contribution < 1.29 is 54.9 Å². The van der Waals surface area contributed by atoms with E-state index in [1.807, 2.05) is 0 Å². The molecule has 42 heavy (non-hydrogen) atoms. The molecule has 0 spiro atoms. The van der Waals surface area contributed by atoms with Gasteiger partial charge in [-0.2, -0.15) is 0 Å². The summed E-state index contributed by atoms with van der Waals surface area (Å²) in [6.45, 7) is 1.70. The SMILES string of the molecule is COC(=O)c1c(O)ccc(O)c1C(=O)c1c(O)cc2c(c1O)[C@@H]1C=C(C2)C2C(=C(O)c3c(O)cc(C)cc3[C@@H]2O)C1=O. The topological polar surface area (TPSA) is 202 Å². The van der Waals surface area contributed by atoms with Crippen LogP contribution in [0.2, 0.25) is 0 Å². The number of hydrogen-bond donors (Lipinski definition) is 7. The summed E-state index contributed by atoms with van der Waals surface area (Å²) in [4.78, 5) is 39.9. The van der Waals surface area contributed by atoms with Crippen molar-refractivity contribution in [2.75, 3.05) is 7.11 Å². The molecule has 3 aromatic carbocycles. The molecule has 0 saturated heterocycles. The summed E-state index contributed by atoms with van der Waals surface area (Å²) in [5.41, 5.74) is -0.817. The lowest BCUT2D eigenvalue weighted by Crippen LogP contribution is -2.37. The second-order valence-electron chi connectivity index (χ2n) is 10.6. The van der Waals surface area contributed by atoms with Gasteiger partial charge in [-0.05, 0) is 54.3 Å². The fourth-order valence-corrected chi connectivity index (χ4v) is 6.41. The first kappa shape index (κ1) is 26.9. The van der Waals surface area contributed by atoms with Gasteiger partial charge in [0.25, 0.3) is 0 Å². The maximum absolute atomic E-state index is 13.9. The highest BCUT2D eigenvalue weighted by atomic mass is 16.5. The van der Waals surface area contributed by atoms with Gasteiger partial charge in [-0.1, -0.05) is 17.7 Å². The van der Waals surface area contributed by atoms with Gasteiger partial charge in [-0.15, -0.1) is 0 Å². The number of Topliss-reactive ketones (excluding diaryl/α,β-unsaturated/α-hetero) is 1. The van der Waals surface area contributed by atoms with Crippen molar-refractivity contribution >= 4 is 23.3 Å². The molecule has 0 fully saturated rings. The van der Waals surface area contributed by atoms with E-state index in [0.29, 0.717) is 11.1 Å². The summed E-state index contributed by atoms with van der Waals surface area (Å²) >= 11 is 0. The van der Waals surface area contributed by atoms with Crippen LogP contribution in [-0.4, -0.2) is 60.4 Å². The minimum absolute atomic E-state index is 0.0190. The van der Waals surface area contributed by atoms with Crippen LogP contribution in [-0.2, 0) is 16.0 Å². The lowest BCUT2D eigenvalue weighted by molar-refractivity contribution is -0.117. The van der Waals surface area contributed by atoms with E-state index in [2.05, 4.69) is 4.74 Å². The number of methoxy groups -OCH3 is 1. The smallest absolute Gasteiger partial charge is 0.342 e. The van der Waals surface area contributed by atoms with Crippen LogP contribution in [0, 0.1) is 12.8 Å². The molecule has 2 bridgehead atoms. The molecule has 3 aliphatic carbocycles. The number of allylic oxidation sites excluding steroid dienone is 1. The monoisotopic (exact) mass is 572 g/mol. The number of rotatable bonds is 3. The number of carbonyl (C=O) groups is 3. The zero-order chi connectivity index (χ0) is 30.4. The second-order valence-corrected chi connectivity index (χ2v) is 10.6. The summed E-state index contributed by atoms with van der Waals surface area (Å²) in [7, 11) is 0.991. The van der Waals surface area contributed by atoms with Crippen molar-refractivity contribution in [2.24, 2.45) is 5.92 Å². The predicted octanol–water partition coefficient (Wildman–Crippen LogP) is 3.32. The number of benzene rings is 3. The lowest BCUT2D eigenvalue weighted by atomic mass is 9.63. The zero-order valence-electron chi connectivity index (χ0n) is 22.2. The quantitative estimate of drug-likeness (QED) is 0.105. The summed E-state index contributed by atoms with van der Waals surface area (Å²) in [6, 6.07) is 6.07. The molecule has 3 aromatic rings. The molecule has 0 heterocycles. The normalized spacial score (nSPS) is 20.3. The van der Waals surface area contributed by atoms with E-state index in [-0.39, 0.29) is 40.0 Å². The summed E-state index contributed by atoms with van der Waals surface area (Å²) in [5, 5.41) is 76.1. The number of ether oxygens (including phenoxy) is 1. The maximum atomic E-state index is 13.9. The third-order valence-corrected chi connectivity index (χ3v) is 8.17. The molecule has 3 atom stereocenters. The van der Waals surface area contributed by atoms with Gasteiger partial charge in [0.15, 0.2) is 5.78 Å². The molecule has 214 valence electrons. The van der Waals surface area contributed by atoms with Crippen LogP contribution in [0.1, 0.15) is 66.1 Å². The standard InChI is InChI=1S/C31H24O11/c1-10-5-13-21(17(34)6-10)29(39)25-20(26(13)36)11-7-12-9-18(35)24(28(38)19(12)14(8-11)27(25)37)30(40)22-15(32)3-4-16(33)23(22)31(41)42-2/h3-6,8-9,14,20,26,32-36,38-39H,7H2,1-2H3/t14-,20?,26-/m0/s1. The fraction of sp³-hybridized carbons (Fsp3) is 0.194. The van der Waals surface area contributed by atoms with Crippen LogP contribution < -0.4 is 0 Å². The van der Waals surface area contributed by atoms with Crippen LogP contribution >= 0.6 is 0 Å². The van der Waals surface area contributed by atoms with Gasteiger partial charge < -0.3 is 40.5 Å². The van der Waals surface area contributed by atoms with E-state index in [4.69, 9.17) is 0 Å². The van der Waals surface area contributed by atoms with Crippen molar-refractivity contribution in [3.63, 3.8) is 0 Å². The Morgan fingerprint density at radius 1 is 0.881 bits per heavy atom. The Bertz CT molecular complexity index is 1850. The average Bonchev–Trinajstić information content (AvgIpc) is 2.93. The summed E-state index contributed by atoms with van der Waals surface area (Å²) in [5.74, 6) is -9.12. The summed E-state index contributed by atoms with van der Waals surface area (Å²) in [6.07, 6.45) is 0.251. The van der Waals surface area contributed by atoms with Gasteiger partial charge in [0.05, 0.1) is 30.3 Å². The Balaban J connectivity index is 1.54. The maximum Gasteiger partial charge on any atom is 0.342 e. The summed E-state index contributed by atoms with van der Waals surface area (Å²) < 4.78 is 4.62. The number of fused-ring (bicyclic) bond motifs is 6. The molecule has 7 N–H and O–H groups in total. The van der Waals surface area contributed by atoms with E-state index in [9.17, 15) is 50.1 Å². The molecule has 11 heteroatoms. The second kappa shape index (κ2) is 9.11. The fourth-order valence-electron chi connectivity index (χ4n) is 6.41. The highest BCUT2D eigenvalue weighted by Crippen LogP contribution is 2.56. The molecule has 0 aliphatic heterocycles. The molecule has 0 amide bonds.